The van der Waals surface area contributed by atoms with Crippen molar-refractivity contribution in [3.8, 4) is 0 Å². The molecule has 0 saturated carbocycles. The van der Waals surface area contributed by atoms with Gasteiger partial charge < -0.3 is 20.4 Å². The monoisotopic (exact) mass is 425 g/mol. The Labute approximate surface area is 184 Å². The number of nitrogens with two attached hydrogens (primary N) is 1. The van der Waals surface area contributed by atoms with Crippen LogP contribution in [-0.2, 0) is 23.1 Å². The molecule has 3 N–H and O–H groups in total. The summed E-state index contributed by atoms with van der Waals surface area (Å²) in [6.45, 7) is 8.06. The highest BCUT2D eigenvalue weighted by molar-refractivity contribution is 6.09. The van der Waals surface area contributed by atoms with Gasteiger partial charge >= 0.3 is 5.97 Å². The van der Waals surface area contributed by atoms with Crippen molar-refractivity contribution in [2.75, 3.05) is 26.2 Å². The molecular formula is C24H35N5O2. The molecule has 1 aromatic heterocycles. The van der Waals surface area contributed by atoms with Gasteiger partial charge in [-0.05, 0) is 50.8 Å². The van der Waals surface area contributed by atoms with E-state index in [0.29, 0.717) is 18.1 Å². The quantitative estimate of drug-likeness (QED) is 0.367. The molecule has 0 bridgehead atoms. The lowest BCUT2D eigenvalue weighted by atomic mass is 9.96. The number of aliphatic imine (C=N–C) groups is 1. The first-order valence-electron chi connectivity index (χ1n) is 11.1. The van der Waals surface area contributed by atoms with Crippen molar-refractivity contribution in [1.82, 2.24) is 14.8 Å². The number of rotatable bonds is 9. The summed E-state index contributed by atoms with van der Waals surface area (Å²) in [4.78, 5) is 18.7. The molecule has 7 heteroatoms. The molecule has 1 saturated heterocycles. The second-order valence-corrected chi connectivity index (χ2v) is 8.15. The topological polar surface area (TPSA) is 84.9 Å². The molecule has 0 aliphatic carbocycles. The molecule has 0 amide bonds. The molecule has 1 aliphatic heterocycles. The molecule has 1 aromatic carbocycles. The lowest BCUT2D eigenvalue weighted by Gasteiger charge is -2.34. The fourth-order valence-corrected chi connectivity index (χ4v) is 4.17. The van der Waals surface area contributed by atoms with Gasteiger partial charge in [-0.3, -0.25) is 9.89 Å². The van der Waals surface area contributed by atoms with Crippen molar-refractivity contribution in [3.63, 3.8) is 0 Å². The molecule has 0 spiro atoms. The highest BCUT2D eigenvalue weighted by Gasteiger charge is 2.22. The third-order valence-corrected chi connectivity index (χ3v) is 6.03. The van der Waals surface area contributed by atoms with Crippen molar-refractivity contribution < 1.29 is 9.53 Å². The predicted octanol–water partition coefficient (Wildman–Crippen LogP) is 2.80. The highest BCUT2D eigenvalue weighted by Crippen LogP contribution is 2.21. The van der Waals surface area contributed by atoms with E-state index >= 15 is 0 Å². The number of benzene rings is 1. The van der Waals surface area contributed by atoms with Crippen molar-refractivity contribution in [1.29, 1.82) is 0 Å². The number of aromatic nitrogens is 1. The standard InChI is InChI=1S/C24H35N5O2/c1-4-31-24(30)20(13-25)16-27-18(2)29-11-9-19(10-12-29)14-26-15-21-17-28(3)23-8-6-5-7-22(21)23/h5-8,13,16-19,26H,4,9-12,14-15,25H2,1-3H3/b20-13+,27-16-. The second kappa shape index (κ2) is 11.1. The third kappa shape index (κ3) is 5.95. The summed E-state index contributed by atoms with van der Waals surface area (Å²) in [5.41, 5.74) is 8.45. The van der Waals surface area contributed by atoms with Crippen LogP contribution < -0.4 is 11.1 Å². The number of esters is 1. The Morgan fingerprint density at radius 2 is 2.10 bits per heavy atom. The number of fused-ring (bicyclic) bond motifs is 1. The van der Waals surface area contributed by atoms with Gasteiger partial charge in [0.05, 0.1) is 18.3 Å². The van der Waals surface area contributed by atoms with Gasteiger partial charge in [0.1, 0.15) is 0 Å². The van der Waals surface area contributed by atoms with E-state index in [2.05, 4.69) is 64.2 Å². The maximum Gasteiger partial charge on any atom is 0.341 e. The number of ether oxygens (including phenoxy) is 1. The van der Waals surface area contributed by atoms with Crippen LogP contribution in [0.2, 0.25) is 0 Å². The van der Waals surface area contributed by atoms with Crippen molar-refractivity contribution in [2.45, 2.75) is 39.4 Å². The van der Waals surface area contributed by atoms with E-state index < -0.39 is 5.97 Å². The van der Waals surface area contributed by atoms with E-state index in [1.807, 2.05) is 0 Å². The summed E-state index contributed by atoms with van der Waals surface area (Å²) in [7, 11) is 2.10. The largest absolute Gasteiger partial charge is 0.462 e. The normalized spacial score (nSPS) is 17.5. The summed E-state index contributed by atoms with van der Waals surface area (Å²) >= 11 is 0. The molecule has 1 aliphatic rings. The van der Waals surface area contributed by atoms with Crippen LogP contribution >= 0.6 is 0 Å². The summed E-state index contributed by atoms with van der Waals surface area (Å²) in [5.74, 6) is 0.235. The molecule has 2 aromatic rings. The van der Waals surface area contributed by atoms with Crippen LogP contribution in [0.1, 0.15) is 32.3 Å². The average molecular weight is 426 g/mol. The molecule has 1 fully saturated rings. The fourth-order valence-electron chi connectivity index (χ4n) is 4.17. The lowest BCUT2D eigenvalue weighted by molar-refractivity contribution is -0.137. The zero-order valence-electron chi connectivity index (χ0n) is 18.9. The Hall–Kier alpha value is -2.64. The number of carbonyl (C=O) groups is 1. The number of hydrogen-bond acceptors (Lipinski definition) is 6. The molecule has 168 valence electrons. The molecule has 1 unspecified atom stereocenters. The van der Waals surface area contributed by atoms with Crippen LogP contribution in [0.3, 0.4) is 0 Å². The van der Waals surface area contributed by atoms with Crippen LogP contribution in [0.25, 0.3) is 10.9 Å². The highest BCUT2D eigenvalue weighted by atomic mass is 16.5. The lowest BCUT2D eigenvalue weighted by Crippen LogP contribution is -2.41. The third-order valence-electron chi connectivity index (χ3n) is 6.03. The van der Waals surface area contributed by atoms with E-state index in [1.54, 1.807) is 6.92 Å². The van der Waals surface area contributed by atoms with Gasteiger partial charge in [-0.15, -0.1) is 0 Å². The second-order valence-electron chi connectivity index (χ2n) is 8.15. The molecule has 1 atom stereocenters. The Morgan fingerprint density at radius 3 is 2.81 bits per heavy atom. The van der Waals surface area contributed by atoms with E-state index in [0.717, 1.165) is 39.0 Å². The average Bonchev–Trinajstić information content (AvgIpc) is 3.10. The van der Waals surface area contributed by atoms with Gasteiger partial charge in [0, 0.05) is 56.2 Å². The summed E-state index contributed by atoms with van der Waals surface area (Å²) < 4.78 is 7.18. The van der Waals surface area contributed by atoms with Gasteiger partial charge in [0.2, 0.25) is 0 Å². The zero-order valence-corrected chi connectivity index (χ0v) is 18.9. The molecule has 3 rings (SSSR count). The maximum absolute atomic E-state index is 11.8. The van der Waals surface area contributed by atoms with Crippen LogP contribution in [0, 0.1) is 5.92 Å². The number of nitrogens with one attached hydrogen (secondary N) is 1. The minimum absolute atomic E-state index is 0.00830. The first-order valence-corrected chi connectivity index (χ1v) is 11.1. The van der Waals surface area contributed by atoms with Crippen molar-refractivity contribution in [2.24, 2.45) is 23.7 Å². The minimum atomic E-state index is -0.433. The number of carbonyl (C=O) groups excluding carboxylic acids is 1. The van der Waals surface area contributed by atoms with Crippen LogP contribution in [0.4, 0.5) is 0 Å². The molecule has 7 nitrogen and oxygen atoms in total. The maximum atomic E-state index is 11.8. The molecule has 31 heavy (non-hydrogen) atoms. The number of piperidine rings is 1. The van der Waals surface area contributed by atoms with Crippen molar-refractivity contribution >= 4 is 23.1 Å². The predicted molar refractivity (Wildman–Crippen MR) is 126 cm³/mol. The summed E-state index contributed by atoms with van der Waals surface area (Å²) in [6, 6.07) is 8.55. The van der Waals surface area contributed by atoms with E-state index in [1.165, 1.54) is 28.9 Å². The van der Waals surface area contributed by atoms with Gasteiger partial charge in [-0.25, -0.2) is 4.79 Å². The number of para-hydroxylation sites is 1. The number of likely N-dealkylation sites (tertiary alicyclic amines) is 1. The van der Waals surface area contributed by atoms with E-state index in [9.17, 15) is 4.79 Å². The molecule has 0 radical (unpaired) electrons. The Morgan fingerprint density at radius 1 is 1.35 bits per heavy atom. The van der Waals surface area contributed by atoms with Gasteiger partial charge in [0.15, 0.2) is 0 Å². The van der Waals surface area contributed by atoms with E-state index in [-0.39, 0.29) is 6.17 Å². The smallest absolute Gasteiger partial charge is 0.341 e. The number of hydrogen-bond donors (Lipinski definition) is 2. The molecule has 2 heterocycles. The van der Waals surface area contributed by atoms with E-state index in [4.69, 9.17) is 10.5 Å². The number of aryl methyl sites for hydroxylation is 1. The summed E-state index contributed by atoms with van der Waals surface area (Å²) in [6.07, 6.45) is 7.29. The number of nitrogens with zero attached hydrogens (tertiary/aromatic N) is 3. The van der Waals surface area contributed by atoms with Crippen LogP contribution in [0.15, 0.2) is 47.2 Å². The Bertz CT molecular complexity index is 925. The minimum Gasteiger partial charge on any atom is -0.462 e. The van der Waals surface area contributed by atoms with Gasteiger partial charge in [0.25, 0.3) is 0 Å². The van der Waals surface area contributed by atoms with Crippen LogP contribution in [-0.4, -0.2) is 54.1 Å². The zero-order chi connectivity index (χ0) is 22.2. The first kappa shape index (κ1) is 23.0. The van der Waals surface area contributed by atoms with Gasteiger partial charge in [-0.2, -0.15) is 0 Å². The van der Waals surface area contributed by atoms with Crippen LogP contribution in [0.5, 0.6) is 0 Å². The fraction of sp³-hybridized carbons (Fsp3) is 0.500. The Balaban J connectivity index is 1.43. The Kier molecular flexibility index (Phi) is 8.26. The molecular weight excluding hydrogens is 390 g/mol. The SMILES string of the molecule is CCOC(=O)C(/C=N\C(C)N1CCC(CNCc2cn(C)c3ccccc23)CC1)=C/N. The van der Waals surface area contributed by atoms with Crippen molar-refractivity contribution in [3.05, 3.63) is 47.8 Å². The summed E-state index contributed by atoms with van der Waals surface area (Å²) in [5, 5.41) is 4.99. The van der Waals surface area contributed by atoms with Gasteiger partial charge in [-0.1, -0.05) is 18.2 Å². The first-order chi connectivity index (χ1) is 15.0.